The van der Waals surface area contributed by atoms with Crippen LogP contribution in [0.2, 0.25) is 5.02 Å². The van der Waals surface area contributed by atoms with Gasteiger partial charge in [0.1, 0.15) is 11.9 Å². The number of amides is 2. The molecule has 0 aliphatic carbocycles. The summed E-state index contributed by atoms with van der Waals surface area (Å²) in [6.07, 6.45) is 0. The van der Waals surface area contributed by atoms with E-state index in [4.69, 9.17) is 16.7 Å². The highest BCUT2D eigenvalue weighted by molar-refractivity contribution is 6.31. The van der Waals surface area contributed by atoms with E-state index < -0.39 is 23.9 Å². The molecule has 2 amide bonds. The Hall–Kier alpha value is -1.82. The molecule has 0 bridgehead atoms. The zero-order valence-corrected chi connectivity index (χ0v) is 9.58. The van der Waals surface area contributed by atoms with Gasteiger partial charge >= 0.3 is 12.0 Å². The van der Waals surface area contributed by atoms with Crippen molar-refractivity contribution in [3.05, 3.63) is 29.0 Å². The minimum absolute atomic E-state index is 0.130. The summed E-state index contributed by atoms with van der Waals surface area (Å²) in [4.78, 5) is 21.8. The van der Waals surface area contributed by atoms with Crippen LogP contribution < -0.4 is 10.6 Å². The van der Waals surface area contributed by atoms with E-state index in [9.17, 15) is 14.0 Å². The minimum atomic E-state index is -1.16. The lowest BCUT2D eigenvalue weighted by Gasteiger charge is -2.10. The largest absolute Gasteiger partial charge is 0.480 e. The van der Waals surface area contributed by atoms with Crippen LogP contribution in [-0.2, 0) is 4.79 Å². The van der Waals surface area contributed by atoms with Crippen molar-refractivity contribution in [2.75, 3.05) is 5.32 Å². The Morgan fingerprint density at radius 2 is 2.12 bits per heavy atom. The van der Waals surface area contributed by atoms with Crippen LogP contribution in [0.15, 0.2) is 18.2 Å². The molecule has 0 saturated heterocycles. The van der Waals surface area contributed by atoms with Crippen molar-refractivity contribution >= 4 is 29.3 Å². The van der Waals surface area contributed by atoms with Crippen LogP contribution >= 0.6 is 11.6 Å². The van der Waals surface area contributed by atoms with E-state index in [0.717, 1.165) is 6.07 Å². The lowest BCUT2D eigenvalue weighted by Crippen LogP contribution is -2.40. The highest BCUT2D eigenvalue weighted by Crippen LogP contribution is 2.19. The molecule has 3 N–H and O–H groups in total. The van der Waals surface area contributed by atoms with Crippen molar-refractivity contribution in [3.63, 3.8) is 0 Å². The third kappa shape index (κ3) is 3.92. The average molecular weight is 261 g/mol. The molecule has 1 aromatic carbocycles. The SMILES string of the molecule is CC(NC(=O)Nc1ccc(F)c(Cl)c1)C(=O)O. The van der Waals surface area contributed by atoms with Gasteiger partial charge in [0.25, 0.3) is 0 Å². The van der Waals surface area contributed by atoms with Crippen LogP contribution in [0, 0.1) is 5.82 Å². The zero-order valence-electron chi connectivity index (χ0n) is 8.83. The van der Waals surface area contributed by atoms with Gasteiger partial charge in [0.05, 0.1) is 5.02 Å². The molecule has 0 radical (unpaired) electrons. The molecule has 0 spiro atoms. The number of carboxylic acid groups (broad SMARTS) is 1. The predicted octanol–water partition coefficient (Wildman–Crippen LogP) is 2.07. The molecule has 5 nitrogen and oxygen atoms in total. The molecule has 17 heavy (non-hydrogen) atoms. The van der Waals surface area contributed by atoms with Crippen molar-refractivity contribution in [1.82, 2.24) is 5.32 Å². The van der Waals surface area contributed by atoms with Crippen LogP contribution in [0.4, 0.5) is 14.9 Å². The van der Waals surface area contributed by atoms with Crippen LogP contribution in [0.1, 0.15) is 6.92 Å². The van der Waals surface area contributed by atoms with E-state index in [-0.39, 0.29) is 10.7 Å². The third-order valence-corrected chi connectivity index (χ3v) is 2.19. The summed E-state index contributed by atoms with van der Waals surface area (Å²) in [6.45, 7) is 1.32. The molecule has 1 unspecified atom stereocenters. The number of anilines is 1. The van der Waals surface area contributed by atoms with E-state index >= 15 is 0 Å². The summed E-state index contributed by atoms with van der Waals surface area (Å²) >= 11 is 5.51. The van der Waals surface area contributed by atoms with Gasteiger partial charge < -0.3 is 15.7 Å². The smallest absolute Gasteiger partial charge is 0.325 e. The first-order chi connectivity index (χ1) is 7.90. The summed E-state index contributed by atoms with van der Waals surface area (Å²) in [7, 11) is 0. The lowest BCUT2D eigenvalue weighted by molar-refractivity contribution is -0.138. The first-order valence-corrected chi connectivity index (χ1v) is 5.03. The molecule has 1 aromatic rings. The molecule has 0 heterocycles. The first kappa shape index (κ1) is 13.2. The fourth-order valence-electron chi connectivity index (χ4n) is 0.999. The monoisotopic (exact) mass is 260 g/mol. The van der Waals surface area contributed by atoms with E-state index in [0.29, 0.717) is 0 Å². The molecule has 1 atom stereocenters. The fraction of sp³-hybridized carbons (Fsp3) is 0.200. The Labute approximate surface area is 102 Å². The maximum Gasteiger partial charge on any atom is 0.325 e. The molecule has 92 valence electrons. The molecule has 0 aliphatic rings. The number of hydrogen-bond acceptors (Lipinski definition) is 2. The summed E-state index contributed by atoms with van der Waals surface area (Å²) in [5, 5.41) is 12.9. The summed E-state index contributed by atoms with van der Waals surface area (Å²) < 4.78 is 12.8. The van der Waals surface area contributed by atoms with Gasteiger partial charge in [-0.25, -0.2) is 9.18 Å². The third-order valence-electron chi connectivity index (χ3n) is 1.90. The van der Waals surface area contributed by atoms with E-state index in [2.05, 4.69) is 10.6 Å². The number of carboxylic acids is 1. The Morgan fingerprint density at radius 1 is 1.47 bits per heavy atom. The Balaban J connectivity index is 2.62. The second kappa shape index (κ2) is 5.49. The molecule has 7 heteroatoms. The molecule has 1 rings (SSSR count). The Bertz CT molecular complexity index is 453. The number of aliphatic carboxylic acids is 1. The zero-order chi connectivity index (χ0) is 13.0. The number of halogens is 2. The maximum absolute atomic E-state index is 12.8. The lowest BCUT2D eigenvalue weighted by atomic mass is 10.3. The quantitative estimate of drug-likeness (QED) is 0.778. The van der Waals surface area contributed by atoms with E-state index in [1.165, 1.54) is 19.1 Å². The van der Waals surface area contributed by atoms with Crippen molar-refractivity contribution in [2.24, 2.45) is 0 Å². The second-order valence-corrected chi connectivity index (χ2v) is 3.69. The summed E-state index contributed by atoms with van der Waals surface area (Å²) in [5.74, 6) is -1.76. The van der Waals surface area contributed by atoms with Crippen molar-refractivity contribution in [3.8, 4) is 0 Å². The van der Waals surface area contributed by atoms with Gasteiger partial charge in [0.2, 0.25) is 0 Å². The van der Waals surface area contributed by atoms with E-state index in [1.54, 1.807) is 0 Å². The molecule has 0 aliphatic heterocycles. The number of carbonyl (C=O) groups is 2. The highest BCUT2D eigenvalue weighted by atomic mass is 35.5. The predicted molar refractivity (Wildman–Crippen MR) is 60.7 cm³/mol. The topological polar surface area (TPSA) is 78.4 Å². The van der Waals surface area contributed by atoms with Crippen LogP contribution in [0.25, 0.3) is 0 Å². The van der Waals surface area contributed by atoms with Gasteiger partial charge in [-0.2, -0.15) is 0 Å². The van der Waals surface area contributed by atoms with Gasteiger partial charge in [-0.05, 0) is 25.1 Å². The van der Waals surface area contributed by atoms with Crippen LogP contribution in [0.3, 0.4) is 0 Å². The van der Waals surface area contributed by atoms with Gasteiger partial charge in [0, 0.05) is 5.69 Å². The van der Waals surface area contributed by atoms with Gasteiger partial charge in [-0.3, -0.25) is 4.79 Å². The van der Waals surface area contributed by atoms with Crippen molar-refractivity contribution in [2.45, 2.75) is 13.0 Å². The summed E-state index contributed by atoms with van der Waals surface area (Å²) in [6, 6.07) is 1.90. The minimum Gasteiger partial charge on any atom is -0.480 e. The standard InChI is InChI=1S/C10H10ClFN2O3/c1-5(9(15)16)13-10(17)14-6-2-3-8(12)7(11)4-6/h2-5H,1H3,(H,15,16)(H2,13,14,17). The Morgan fingerprint density at radius 3 is 2.65 bits per heavy atom. The molecular weight excluding hydrogens is 251 g/mol. The Kier molecular flexibility index (Phi) is 4.28. The van der Waals surface area contributed by atoms with Crippen molar-refractivity contribution in [1.29, 1.82) is 0 Å². The number of carbonyl (C=O) groups excluding carboxylic acids is 1. The number of urea groups is 1. The fourth-order valence-corrected chi connectivity index (χ4v) is 1.18. The number of hydrogen-bond donors (Lipinski definition) is 3. The second-order valence-electron chi connectivity index (χ2n) is 3.29. The van der Waals surface area contributed by atoms with Crippen LogP contribution in [-0.4, -0.2) is 23.1 Å². The molecular formula is C10H10ClFN2O3. The number of benzene rings is 1. The van der Waals surface area contributed by atoms with Gasteiger partial charge in [0.15, 0.2) is 0 Å². The normalized spacial score (nSPS) is 11.7. The number of rotatable bonds is 3. The number of nitrogens with one attached hydrogen (secondary N) is 2. The first-order valence-electron chi connectivity index (χ1n) is 4.65. The van der Waals surface area contributed by atoms with Crippen molar-refractivity contribution < 1.29 is 19.1 Å². The van der Waals surface area contributed by atoms with Gasteiger partial charge in [-0.1, -0.05) is 11.6 Å². The summed E-state index contributed by atoms with van der Waals surface area (Å²) in [5.41, 5.74) is 0.270. The average Bonchev–Trinajstić information content (AvgIpc) is 2.23. The van der Waals surface area contributed by atoms with E-state index in [1.807, 2.05) is 0 Å². The van der Waals surface area contributed by atoms with Gasteiger partial charge in [-0.15, -0.1) is 0 Å². The molecule has 0 fully saturated rings. The molecule has 0 aromatic heterocycles. The molecule has 0 saturated carbocycles. The van der Waals surface area contributed by atoms with Crippen LogP contribution in [0.5, 0.6) is 0 Å². The highest BCUT2D eigenvalue weighted by Gasteiger charge is 2.13. The maximum atomic E-state index is 12.8.